The van der Waals surface area contributed by atoms with E-state index >= 15 is 0 Å². The van der Waals surface area contributed by atoms with Crippen molar-refractivity contribution in [2.45, 2.75) is 32.9 Å². The van der Waals surface area contributed by atoms with Crippen molar-refractivity contribution in [3.8, 4) is 0 Å². The van der Waals surface area contributed by atoms with E-state index in [1.807, 2.05) is 12.1 Å². The van der Waals surface area contributed by atoms with Crippen LogP contribution in [-0.4, -0.2) is 47.2 Å². The Labute approximate surface area is 251 Å². The number of dihydropyridines is 1. The summed E-state index contributed by atoms with van der Waals surface area (Å²) in [6, 6.07) is 9.97. The van der Waals surface area contributed by atoms with Crippen molar-refractivity contribution >= 4 is 41.1 Å². The third kappa shape index (κ3) is 7.17. The van der Waals surface area contributed by atoms with Crippen LogP contribution in [0, 0.1) is 0 Å². The molecule has 0 radical (unpaired) electrons. The molecule has 13 heteroatoms. The van der Waals surface area contributed by atoms with Crippen molar-refractivity contribution < 1.29 is 23.8 Å². The quantitative estimate of drug-likeness (QED) is 0.268. The number of nitrogens with zero attached hydrogens (tertiary/aromatic N) is 2. The molecule has 0 fully saturated rings. The molecule has 1 aliphatic rings. The average molecular weight is 614 g/mol. The number of halogens is 2. The van der Waals surface area contributed by atoms with Crippen molar-refractivity contribution in [3.05, 3.63) is 109 Å². The van der Waals surface area contributed by atoms with Gasteiger partial charge in [0.2, 0.25) is 5.95 Å². The van der Waals surface area contributed by atoms with Crippen LogP contribution in [0.25, 0.3) is 0 Å². The number of carbonyl (C=O) groups excluding carboxylic acids is 2. The normalized spacial score (nSPS) is 14.8. The van der Waals surface area contributed by atoms with Crippen LogP contribution in [0.1, 0.15) is 36.6 Å². The first-order valence-electron chi connectivity index (χ1n) is 12.9. The number of benzene rings is 1. The van der Waals surface area contributed by atoms with Gasteiger partial charge in [0.15, 0.2) is 0 Å². The third-order valence-electron chi connectivity index (χ3n) is 6.34. The summed E-state index contributed by atoms with van der Waals surface area (Å²) in [6.07, 6.45) is 3.35. The first-order valence-corrected chi connectivity index (χ1v) is 13.7. The Hall–Kier alpha value is -4.19. The maximum absolute atomic E-state index is 13.4. The van der Waals surface area contributed by atoms with Crippen molar-refractivity contribution in [1.29, 1.82) is 0 Å². The number of hydrogen-bond donors (Lipinski definition) is 3. The Morgan fingerprint density at radius 2 is 1.83 bits per heavy atom. The predicted molar refractivity (Wildman–Crippen MR) is 157 cm³/mol. The largest absolute Gasteiger partial charge is 0.466 e. The third-order valence-corrected chi connectivity index (χ3v) is 7.17. The number of hydrogen-bond acceptors (Lipinski definition) is 10. The molecule has 220 valence electrons. The molecule has 0 amide bonds. The number of aromatic amines is 1. The highest BCUT2D eigenvalue weighted by atomic mass is 35.5. The number of anilines is 1. The molecule has 11 nitrogen and oxygen atoms in total. The van der Waals surface area contributed by atoms with Crippen LogP contribution in [0.4, 0.5) is 5.95 Å². The fraction of sp³-hybridized carbons (Fsp3) is 0.276. The van der Waals surface area contributed by atoms with Crippen LogP contribution < -0.4 is 16.2 Å². The van der Waals surface area contributed by atoms with Gasteiger partial charge in [-0.2, -0.15) is 0 Å². The summed E-state index contributed by atoms with van der Waals surface area (Å²) in [4.78, 5) is 49.6. The van der Waals surface area contributed by atoms with Crippen LogP contribution >= 0.6 is 23.2 Å². The Bertz CT molecular complexity index is 1590. The molecule has 3 heterocycles. The minimum atomic E-state index is -0.954. The van der Waals surface area contributed by atoms with Gasteiger partial charge >= 0.3 is 11.9 Å². The Balaban J connectivity index is 1.63. The molecule has 0 bridgehead atoms. The molecule has 3 N–H and O–H groups in total. The molecule has 3 aromatic rings. The number of nitrogens with one attached hydrogen (secondary N) is 3. The SMILES string of the molecule is CCOC(=O)C1=C(COCc2cc(=O)[nH]c(NCc3ccncc3)n2)NC(C)=C(C(=O)OC)C1c1cccc(Cl)c1Cl. The molecule has 1 unspecified atom stereocenters. The zero-order chi connectivity index (χ0) is 30.2. The van der Waals surface area contributed by atoms with Gasteiger partial charge in [0.1, 0.15) is 0 Å². The van der Waals surface area contributed by atoms with Crippen molar-refractivity contribution in [1.82, 2.24) is 20.3 Å². The van der Waals surface area contributed by atoms with Gasteiger partial charge in [0.25, 0.3) is 5.56 Å². The van der Waals surface area contributed by atoms with Gasteiger partial charge in [-0.05, 0) is 43.2 Å². The van der Waals surface area contributed by atoms with Crippen LogP contribution in [0.5, 0.6) is 0 Å². The van der Waals surface area contributed by atoms with Crippen LogP contribution in [0.2, 0.25) is 10.0 Å². The fourth-order valence-electron chi connectivity index (χ4n) is 4.50. The summed E-state index contributed by atoms with van der Waals surface area (Å²) in [5.74, 6) is -2.00. The van der Waals surface area contributed by atoms with Gasteiger partial charge in [-0.25, -0.2) is 14.6 Å². The number of allylic oxidation sites excluding steroid dienone is 1. The summed E-state index contributed by atoms with van der Waals surface area (Å²) in [6.45, 7) is 3.71. The van der Waals surface area contributed by atoms with Crippen LogP contribution in [0.15, 0.2) is 76.1 Å². The minimum Gasteiger partial charge on any atom is -0.466 e. The number of rotatable bonds is 11. The maximum Gasteiger partial charge on any atom is 0.336 e. The molecule has 0 saturated carbocycles. The maximum atomic E-state index is 13.4. The molecule has 1 aromatic carbocycles. The lowest BCUT2D eigenvalue weighted by Crippen LogP contribution is -2.34. The second-order valence-electron chi connectivity index (χ2n) is 9.13. The molecule has 2 aromatic heterocycles. The number of H-pyrrole nitrogens is 1. The smallest absolute Gasteiger partial charge is 0.336 e. The zero-order valence-electron chi connectivity index (χ0n) is 23.1. The highest BCUT2D eigenvalue weighted by Crippen LogP contribution is 2.43. The molecular formula is C29H29Cl2N5O6. The van der Waals surface area contributed by atoms with Gasteiger partial charge in [-0.1, -0.05) is 35.3 Å². The van der Waals surface area contributed by atoms with Gasteiger partial charge in [0.05, 0.1) is 65.4 Å². The van der Waals surface area contributed by atoms with E-state index in [-0.39, 0.29) is 52.5 Å². The molecule has 0 aliphatic carbocycles. The Kier molecular flexibility index (Phi) is 10.3. The first kappa shape index (κ1) is 30.8. The summed E-state index contributed by atoms with van der Waals surface area (Å²) >= 11 is 12.9. The Morgan fingerprint density at radius 3 is 2.55 bits per heavy atom. The van der Waals surface area contributed by atoms with Crippen LogP contribution in [0.3, 0.4) is 0 Å². The second-order valence-corrected chi connectivity index (χ2v) is 9.92. The van der Waals surface area contributed by atoms with Crippen molar-refractivity contribution in [2.24, 2.45) is 0 Å². The van der Waals surface area contributed by atoms with Crippen molar-refractivity contribution in [2.75, 3.05) is 25.6 Å². The van der Waals surface area contributed by atoms with E-state index in [1.165, 1.54) is 13.2 Å². The van der Waals surface area contributed by atoms with E-state index in [4.69, 9.17) is 37.4 Å². The molecule has 42 heavy (non-hydrogen) atoms. The number of ether oxygens (including phenoxy) is 3. The zero-order valence-corrected chi connectivity index (χ0v) is 24.6. The van der Waals surface area contributed by atoms with E-state index in [9.17, 15) is 14.4 Å². The average Bonchev–Trinajstić information content (AvgIpc) is 2.97. The van der Waals surface area contributed by atoms with Crippen LogP contribution in [-0.2, 0) is 37.0 Å². The molecule has 1 atom stereocenters. The van der Waals surface area contributed by atoms with Gasteiger partial charge in [0, 0.05) is 30.7 Å². The van der Waals surface area contributed by atoms with Gasteiger partial charge < -0.3 is 24.8 Å². The second kappa shape index (κ2) is 14.1. The lowest BCUT2D eigenvalue weighted by atomic mass is 9.80. The number of aromatic nitrogens is 3. The highest BCUT2D eigenvalue weighted by molar-refractivity contribution is 6.42. The molecular weight excluding hydrogens is 585 g/mol. The fourth-order valence-corrected chi connectivity index (χ4v) is 4.92. The van der Waals surface area contributed by atoms with E-state index in [0.717, 1.165) is 5.56 Å². The Morgan fingerprint density at radius 1 is 1.07 bits per heavy atom. The highest BCUT2D eigenvalue weighted by Gasteiger charge is 2.40. The van der Waals surface area contributed by atoms with E-state index < -0.39 is 17.9 Å². The molecule has 1 aliphatic heterocycles. The summed E-state index contributed by atoms with van der Waals surface area (Å²) in [7, 11) is 1.25. The lowest BCUT2D eigenvalue weighted by molar-refractivity contribution is -0.139. The summed E-state index contributed by atoms with van der Waals surface area (Å²) < 4.78 is 16.3. The summed E-state index contributed by atoms with van der Waals surface area (Å²) in [5, 5.41) is 6.61. The summed E-state index contributed by atoms with van der Waals surface area (Å²) in [5.41, 5.74) is 2.46. The molecule has 0 spiro atoms. The van der Waals surface area contributed by atoms with E-state index in [1.54, 1.807) is 44.4 Å². The molecule has 4 rings (SSSR count). The standard InChI is InChI=1S/C29H29Cl2N5O6/c1-4-42-28(39)25-21(34-16(2)23(27(38)40-3)24(25)19-6-5-7-20(30)26(19)31)15-41-14-18-12-22(37)36-29(35-18)33-13-17-8-10-32-11-9-17/h5-12,24,34H,4,13-15H2,1-3H3,(H2,33,35,36,37). The number of methoxy groups -OCH3 is 1. The molecule has 0 saturated heterocycles. The number of carbonyl (C=O) groups is 2. The number of pyridine rings is 1. The van der Waals surface area contributed by atoms with E-state index in [0.29, 0.717) is 29.2 Å². The van der Waals surface area contributed by atoms with Gasteiger partial charge in [-0.3, -0.25) is 14.8 Å². The van der Waals surface area contributed by atoms with E-state index in [2.05, 4.69) is 25.6 Å². The topological polar surface area (TPSA) is 145 Å². The minimum absolute atomic E-state index is 0.0512. The lowest BCUT2D eigenvalue weighted by Gasteiger charge is -2.31. The van der Waals surface area contributed by atoms with Crippen molar-refractivity contribution in [3.63, 3.8) is 0 Å². The predicted octanol–water partition coefficient (Wildman–Crippen LogP) is 4.25. The monoisotopic (exact) mass is 613 g/mol. The number of esters is 2. The van der Waals surface area contributed by atoms with Gasteiger partial charge in [-0.15, -0.1) is 0 Å². The first-order chi connectivity index (χ1) is 20.2.